The molecular weight excluding hydrogens is 264 g/mol. The van der Waals surface area contributed by atoms with E-state index in [0.717, 1.165) is 18.7 Å². The molecule has 0 saturated carbocycles. The highest BCUT2D eigenvalue weighted by Gasteiger charge is 2.11. The minimum atomic E-state index is 0.590. The maximum atomic E-state index is 6.01. The Morgan fingerprint density at radius 1 is 0.952 bits per heavy atom. The molecule has 0 amide bonds. The van der Waals surface area contributed by atoms with Crippen molar-refractivity contribution < 1.29 is 9.47 Å². The fourth-order valence-electron chi connectivity index (χ4n) is 2.41. The van der Waals surface area contributed by atoms with E-state index in [1.54, 1.807) is 14.2 Å². The average Bonchev–Trinajstić information content (AvgIpc) is 2.47. The van der Waals surface area contributed by atoms with Gasteiger partial charge < -0.3 is 15.2 Å². The van der Waals surface area contributed by atoms with Gasteiger partial charge in [-0.2, -0.15) is 0 Å². The minimum Gasteiger partial charge on any atom is -0.493 e. The zero-order chi connectivity index (χ0) is 15.2. The summed E-state index contributed by atoms with van der Waals surface area (Å²) in [5, 5.41) is 0. The maximum absolute atomic E-state index is 6.01. The fourth-order valence-corrected chi connectivity index (χ4v) is 2.41. The number of nitrogens with zero attached hydrogens (tertiary/aromatic N) is 1. The van der Waals surface area contributed by atoms with Crippen LogP contribution in [0.1, 0.15) is 11.1 Å². The number of anilines is 1. The van der Waals surface area contributed by atoms with Crippen LogP contribution in [0.3, 0.4) is 0 Å². The first-order chi connectivity index (χ1) is 10.1. The van der Waals surface area contributed by atoms with Gasteiger partial charge in [0, 0.05) is 13.1 Å². The van der Waals surface area contributed by atoms with Crippen LogP contribution >= 0.6 is 0 Å². The number of nitrogen functional groups attached to an aromatic ring is 1. The van der Waals surface area contributed by atoms with Crippen molar-refractivity contribution in [2.24, 2.45) is 0 Å². The molecule has 2 rings (SSSR count). The van der Waals surface area contributed by atoms with Crippen molar-refractivity contribution >= 4 is 5.69 Å². The van der Waals surface area contributed by atoms with Gasteiger partial charge in [-0.15, -0.1) is 0 Å². The molecule has 0 radical (unpaired) electrons. The Balaban J connectivity index is 2.10. The Bertz CT molecular complexity index is 585. The van der Waals surface area contributed by atoms with Gasteiger partial charge in [0.05, 0.1) is 19.9 Å². The third kappa shape index (κ3) is 3.89. The molecule has 0 unspecified atom stereocenters. The summed E-state index contributed by atoms with van der Waals surface area (Å²) in [5.41, 5.74) is 9.00. The summed E-state index contributed by atoms with van der Waals surface area (Å²) in [6.45, 7) is 1.68. The van der Waals surface area contributed by atoms with Crippen LogP contribution in [0.4, 0.5) is 5.69 Å². The Kier molecular flexibility index (Phi) is 5.06. The van der Waals surface area contributed by atoms with E-state index in [1.165, 1.54) is 5.56 Å². The van der Waals surface area contributed by atoms with Crippen molar-refractivity contribution in [3.8, 4) is 11.5 Å². The minimum absolute atomic E-state index is 0.590. The smallest absolute Gasteiger partial charge is 0.183 e. The highest BCUT2D eigenvalue weighted by molar-refractivity contribution is 5.62. The lowest BCUT2D eigenvalue weighted by atomic mass is 10.1. The van der Waals surface area contributed by atoms with E-state index in [4.69, 9.17) is 15.2 Å². The fraction of sp³-hybridized carbons (Fsp3) is 0.294. The van der Waals surface area contributed by atoms with E-state index in [9.17, 15) is 0 Å². The van der Waals surface area contributed by atoms with Crippen molar-refractivity contribution in [3.05, 3.63) is 53.6 Å². The van der Waals surface area contributed by atoms with Crippen LogP contribution in [-0.2, 0) is 13.1 Å². The van der Waals surface area contributed by atoms with Crippen LogP contribution < -0.4 is 15.2 Å². The average molecular weight is 286 g/mol. The molecular formula is C17H22N2O2. The second-order valence-corrected chi connectivity index (χ2v) is 5.08. The lowest BCUT2D eigenvalue weighted by Crippen LogP contribution is -2.17. The van der Waals surface area contributed by atoms with E-state index in [-0.39, 0.29) is 0 Å². The molecule has 0 fully saturated rings. The second-order valence-electron chi connectivity index (χ2n) is 5.08. The third-order valence-electron chi connectivity index (χ3n) is 3.32. The largest absolute Gasteiger partial charge is 0.493 e. The molecule has 0 spiro atoms. The predicted molar refractivity (Wildman–Crippen MR) is 85.6 cm³/mol. The molecule has 21 heavy (non-hydrogen) atoms. The highest BCUT2D eigenvalue weighted by atomic mass is 16.5. The molecule has 0 atom stereocenters. The van der Waals surface area contributed by atoms with Gasteiger partial charge in [-0.1, -0.05) is 30.3 Å². The van der Waals surface area contributed by atoms with Gasteiger partial charge in [0.15, 0.2) is 11.5 Å². The molecule has 2 aromatic carbocycles. The number of nitrogens with two attached hydrogens (primary N) is 1. The SMILES string of the molecule is COc1cc(CN(C)Cc2ccccc2)cc(N)c1OC. The number of methoxy groups -OCH3 is 2. The number of rotatable bonds is 6. The van der Waals surface area contributed by atoms with E-state index in [1.807, 2.05) is 18.2 Å². The van der Waals surface area contributed by atoms with Gasteiger partial charge in [0.1, 0.15) is 0 Å². The Morgan fingerprint density at radius 3 is 2.24 bits per heavy atom. The summed E-state index contributed by atoms with van der Waals surface area (Å²) >= 11 is 0. The lowest BCUT2D eigenvalue weighted by Gasteiger charge is -2.19. The number of ether oxygens (including phenoxy) is 2. The first-order valence-electron chi connectivity index (χ1n) is 6.87. The predicted octanol–water partition coefficient (Wildman–Crippen LogP) is 2.92. The van der Waals surface area contributed by atoms with Crippen molar-refractivity contribution in [2.45, 2.75) is 13.1 Å². The summed E-state index contributed by atoms with van der Waals surface area (Å²) in [6, 6.07) is 14.3. The maximum Gasteiger partial charge on any atom is 0.183 e. The number of hydrogen-bond acceptors (Lipinski definition) is 4. The third-order valence-corrected chi connectivity index (χ3v) is 3.32. The van der Waals surface area contributed by atoms with E-state index in [2.05, 4.69) is 36.2 Å². The molecule has 0 aromatic heterocycles. The summed E-state index contributed by atoms with van der Waals surface area (Å²) in [7, 11) is 5.30. The summed E-state index contributed by atoms with van der Waals surface area (Å²) < 4.78 is 10.6. The van der Waals surface area contributed by atoms with E-state index < -0.39 is 0 Å². The van der Waals surface area contributed by atoms with Gasteiger partial charge in [-0.25, -0.2) is 0 Å². The highest BCUT2D eigenvalue weighted by Crippen LogP contribution is 2.34. The number of hydrogen-bond donors (Lipinski definition) is 1. The van der Waals surface area contributed by atoms with Crippen LogP contribution in [0.2, 0.25) is 0 Å². The summed E-state index contributed by atoms with van der Waals surface area (Å²) in [4.78, 5) is 2.23. The van der Waals surface area contributed by atoms with Gasteiger partial charge in [0.25, 0.3) is 0 Å². The monoisotopic (exact) mass is 286 g/mol. The van der Waals surface area contributed by atoms with Crippen LogP contribution in [-0.4, -0.2) is 26.2 Å². The number of benzene rings is 2. The Hall–Kier alpha value is -2.20. The van der Waals surface area contributed by atoms with Crippen LogP contribution in [0, 0.1) is 0 Å². The van der Waals surface area contributed by atoms with Gasteiger partial charge in [0.2, 0.25) is 0 Å². The first-order valence-corrected chi connectivity index (χ1v) is 6.87. The molecule has 2 N–H and O–H groups in total. The quantitative estimate of drug-likeness (QED) is 0.829. The van der Waals surface area contributed by atoms with E-state index in [0.29, 0.717) is 17.2 Å². The zero-order valence-corrected chi connectivity index (χ0v) is 12.8. The molecule has 0 aliphatic carbocycles. The van der Waals surface area contributed by atoms with Crippen LogP contribution in [0.25, 0.3) is 0 Å². The molecule has 2 aromatic rings. The van der Waals surface area contributed by atoms with Gasteiger partial charge in [-0.3, -0.25) is 4.90 Å². The van der Waals surface area contributed by atoms with Crippen molar-refractivity contribution in [1.82, 2.24) is 4.90 Å². The molecule has 0 bridgehead atoms. The molecule has 0 heterocycles. The van der Waals surface area contributed by atoms with E-state index >= 15 is 0 Å². The lowest BCUT2D eigenvalue weighted by molar-refractivity contribution is 0.316. The summed E-state index contributed by atoms with van der Waals surface area (Å²) in [6.07, 6.45) is 0. The second kappa shape index (κ2) is 6.99. The standard InChI is InChI=1S/C17H22N2O2/c1-19(11-13-7-5-4-6-8-13)12-14-9-15(18)17(21-3)16(10-14)20-2/h4-10H,11-12,18H2,1-3H3. The normalized spacial score (nSPS) is 10.7. The van der Waals surface area contributed by atoms with Gasteiger partial charge in [-0.05, 0) is 30.3 Å². The summed E-state index contributed by atoms with van der Waals surface area (Å²) in [5.74, 6) is 1.26. The first kappa shape index (κ1) is 15.2. The Labute approximate surface area is 126 Å². The zero-order valence-electron chi connectivity index (χ0n) is 12.8. The molecule has 0 aliphatic rings. The molecule has 4 heteroatoms. The van der Waals surface area contributed by atoms with Crippen LogP contribution in [0.15, 0.2) is 42.5 Å². The topological polar surface area (TPSA) is 47.7 Å². The van der Waals surface area contributed by atoms with Crippen molar-refractivity contribution in [1.29, 1.82) is 0 Å². The van der Waals surface area contributed by atoms with Crippen molar-refractivity contribution in [2.75, 3.05) is 27.0 Å². The van der Waals surface area contributed by atoms with Crippen molar-refractivity contribution in [3.63, 3.8) is 0 Å². The van der Waals surface area contributed by atoms with Gasteiger partial charge >= 0.3 is 0 Å². The molecule has 4 nitrogen and oxygen atoms in total. The molecule has 0 aliphatic heterocycles. The molecule has 0 saturated heterocycles. The molecule has 112 valence electrons. The Morgan fingerprint density at radius 2 is 1.62 bits per heavy atom. The van der Waals surface area contributed by atoms with Crippen LogP contribution in [0.5, 0.6) is 11.5 Å².